The summed E-state index contributed by atoms with van der Waals surface area (Å²) in [6.07, 6.45) is 0. The number of aliphatic hydroxyl groups excluding tert-OH is 1. The first-order valence-electron chi connectivity index (χ1n) is 7.27. The number of aliphatic hydroxyl groups is 1. The van der Waals surface area contributed by atoms with Crippen molar-refractivity contribution in [3.8, 4) is 5.75 Å². The average Bonchev–Trinajstić information content (AvgIpc) is 2.57. The van der Waals surface area contributed by atoms with Crippen LogP contribution in [0.15, 0.2) is 48.5 Å². The number of carbonyl (C=O) groups is 1. The Bertz CT molecular complexity index is 649. The average molecular weight is 318 g/mol. The predicted molar refractivity (Wildman–Crippen MR) is 84.5 cm³/mol. The second-order valence-corrected chi connectivity index (χ2v) is 4.84. The van der Waals surface area contributed by atoms with Crippen LogP contribution in [0.3, 0.4) is 0 Å². The molecule has 122 valence electrons. The van der Waals surface area contributed by atoms with Gasteiger partial charge in [-0.25, -0.2) is 9.18 Å². The van der Waals surface area contributed by atoms with Crippen molar-refractivity contribution in [2.75, 3.05) is 13.2 Å². The summed E-state index contributed by atoms with van der Waals surface area (Å²) in [7, 11) is 0. The summed E-state index contributed by atoms with van der Waals surface area (Å²) in [5, 5.41) is 14.6. The fourth-order valence-corrected chi connectivity index (χ4v) is 2.01. The Morgan fingerprint density at radius 2 is 1.87 bits per heavy atom. The molecule has 0 aliphatic rings. The van der Waals surface area contributed by atoms with Gasteiger partial charge in [-0.2, -0.15) is 0 Å². The molecule has 2 rings (SSSR count). The van der Waals surface area contributed by atoms with E-state index in [2.05, 4.69) is 10.6 Å². The van der Waals surface area contributed by atoms with Crippen molar-refractivity contribution in [3.63, 3.8) is 0 Å². The fraction of sp³-hybridized carbons (Fsp3) is 0.235. The maximum atomic E-state index is 13.0. The van der Waals surface area contributed by atoms with Crippen molar-refractivity contribution in [2.24, 2.45) is 0 Å². The van der Waals surface area contributed by atoms with E-state index in [0.717, 1.165) is 11.1 Å². The summed E-state index contributed by atoms with van der Waals surface area (Å²) in [6.45, 7) is 0.794. The van der Waals surface area contributed by atoms with E-state index in [0.29, 0.717) is 18.8 Å². The molecule has 0 bridgehead atoms. The van der Waals surface area contributed by atoms with E-state index in [9.17, 15) is 14.3 Å². The number of rotatable bonds is 7. The number of carbonyl (C=O) groups excluding carboxylic acids is 1. The number of amides is 2. The van der Waals surface area contributed by atoms with Crippen LogP contribution in [0.5, 0.6) is 5.75 Å². The molecule has 3 N–H and O–H groups in total. The van der Waals surface area contributed by atoms with Gasteiger partial charge in [-0.1, -0.05) is 30.3 Å². The van der Waals surface area contributed by atoms with E-state index in [1.165, 1.54) is 12.1 Å². The van der Waals surface area contributed by atoms with Gasteiger partial charge < -0.3 is 20.5 Å². The first-order chi connectivity index (χ1) is 11.2. The van der Waals surface area contributed by atoms with E-state index in [-0.39, 0.29) is 25.1 Å². The minimum atomic E-state index is -0.365. The van der Waals surface area contributed by atoms with E-state index < -0.39 is 0 Å². The smallest absolute Gasteiger partial charge is 0.315 e. The summed E-state index contributed by atoms with van der Waals surface area (Å²) in [5.74, 6) is 0.0554. The van der Waals surface area contributed by atoms with Crippen LogP contribution >= 0.6 is 0 Å². The quantitative estimate of drug-likeness (QED) is 0.685. The number of hydrogen-bond donors (Lipinski definition) is 3. The van der Waals surface area contributed by atoms with Crippen molar-refractivity contribution < 1.29 is 19.0 Å². The summed E-state index contributed by atoms with van der Waals surface area (Å²) in [6, 6.07) is 12.8. The third kappa shape index (κ3) is 5.60. The van der Waals surface area contributed by atoms with Crippen LogP contribution in [-0.2, 0) is 13.2 Å². The Balaban J connectivity index is 1.67. The molecule has 23 heavy (non-hydrogen) atoms. The summed E-state index contributed by atoms with van der Waals surface area (Å²) in [5.41, 5.74) is 1.64. The van der Waals surface area contributed by atoms with Crippen LogP contribution in [0.1, 0.15) is 11.1 Å². The number of urea groups is 1. The molecule has 0 radical (unpaired) electrons. The standard InChI is InChI=1S/C17H19FN2O3/c18-15-6-3-7-16(10-15)23-9-8-19-17(22)20-11-13-4-1-2-5-14(13)12-21/h1-7,10,21H,8-9,11-12H2,(H2,19,20,22). The number of benzene rings is 2. The lowest BCUT2D eigenvalue weighted by Gasteiger charge is -2.11. The van der Waals surface area contributed by atoms with Crippen LogP contribution in [0.25, 0.3) is 0 Å². The molecular weight excluding hydrogens is 299 g/mol. The van der Waals surface area contributed by atoms with Crippen LogP contribution < -0.4 is 15.4 Å². The topological polar surface area (TPSA) is 70.6 Å². The molecule has 5 nitrogen and oxygen atoms in total. The van der Waals surface area contributed by atoms with Gasteiger partial charge >= 0.3 is 6.03 Å². The van der Waals surface area contributed by atoms with Gasteiger partial charge in [-0.05, 0) is 23.3 Å². The molecular formula is C17H19FN2O3. The van der Waals surface area contributed by atoms with Crippen LogP contribution in [0, 0.1) is 5.82 Å². The molecule has 0 atom stereocenters. The summed E-state index contributed by atoms with van der Waals surface area (Å²) >= 11 is 0. The first kappa shape index (κ1) is 16.8. The van der Waals surface area contributed by atoms with Crippen molar-refractivity contribution >= 4 is 6.03 Å². The predicted octanol–water partition coefficient (Wildman–Crippen LogP) is 2.20. The Morgan fingerprint density at radius 3 is 2.61 bits per heavy atom. The van der Waals surface area contributed by atoms with Crippen molar-refractivity contribution in [1.29, 1.82) is 0 Å². The zero-order chi connectivity index (χ0) is 16.5. The van der Waals surface area contributed by atoms with Crippen LogP contribution in [0.4, 0.5) is 9.18 Å². The third-order valence-electron chi connectivity index (χ3n) is 3.18. The molecule has 0 saturated heterocycles. The summed E-state index contributed by atoms with van der Waals surface area (Å²) < 4.78 is 18.3. The number of ether oxygens (including phenoxy) is 1. The largest absolute Gasteiger partial charge is 0.492 e. The van der Waals surface area contributed by atoms with E-state index >= 15 is 0 Å². The van der Waals surface area contributed by atoms with Crippen molar-refractivity contribution in [1.82, 2.24) is 10.6 Å². The molecule has 2 aromatic carbocycles. The summed E-state index contributed by atoms with van der Waals surface area (Å²) in [4.78, 5) is 11.7. The number of nitrogens with one attached hydrogen (secondary N) is 2. The third-order valence-corrected chi connectivity index (χ3v) is 3.18. The molecule has 0 aliphatic heterocycles. The van der Waals surface area contributed by atoms with Crippen LogP contribution in [0.2, 0.25) is 0 Å². The van der Waals surface area contributed by atoms with E-state index in [4.69, 9.17) is 4.74 Å². The lowest BCUT2D eigenvalue weighted by molar-refractivity contribution is 0.235. The van der Waals surface area contributed by atoms with Gasteiger partial charge in [0.15, 0.2) is 0 Å². The van der Waals surface area contributed by atoms with Crippen molar-refractivity contribution in [3.05, 3.63) is 65.5 Å². The highest BCUT2D eigenvalue weighted by Gasteiger charge is 2.04. The molecule has 2 aromatic rings. The number of hydrogen-bond acceptors (Lipinski definition) is 3. The van der Waals surface area contributed by atoms with E-state index in [1.54, 1.807) is 12.1 Å². The second kappa shape index (κ2) is 8.75. The minimum Gasteiger partial charge on any atom is -0.492 e. The van der Waals surface area contributed by atoms with E-state index in [1.807, 2.05) is 24.3 Å². The van der Waals surface area contributed by atoms with Gasteiger partial charge in [-0.15, -0.1) is 0 Å². The highest BCUT2D eigenvalue weighted by molar-refractivity contribution is 5.73. The van der Waals surface area contributed by atoms with Crippen LogP contribution in [-0.4, -0.2) is 24.3 Å². The van der Waals surface area contributed by atoms with Gasteiger partial charge in [0.05, 0.1) is 13.2 Å². The zero-order valence-electron chi connectivity index (χ0n) is 12.6. The first-order valence-corrected chi connectivity index (χ1v) is 7.27. The molecule has 0 saturated carbocycles. The molecule has 0 unspecified atom stereocenters. The monoisotopic (exact) mass is 318 g/mol. The molecule has 2 amide bonds. The van der Waals surface area contributed by atoms with Gasteiger partial charge in [0, 0.05) is 12.6 Å². The van der Waals surface area contributed by atoms with Gasteiger partial charge in [-0.3, -0.25) is 0 Å². The highest BCUT2D eigenvalue weighted by atomic mass is 19.1. The minimum absolute atomic E-state index is 0.0685. The molecule has 0 spiro atoms. The lowest BCUT2D eigenvalue weighted by atomic mass is 10.1. The second-order valence-electron chi connectivity index (χ2n) is 4.84. The Morgan fingerprint density at radius 1 is 1.09 bits per heavy atom. The normalized spacial score (nSPS) is 10.2. The highest BCUT2D eigenvalue weighted by Crippen LogP contribution is 2.11. The Hall–Kier alpha value is -2.60. The lowest BCUT2D eigenvalue weighted by Crippen LogP contribution is -2.37. The maximum Gasteiger partial charge on any atom is 0.315 e. The maximum absolute atomic E-state index is 13.0. The fourth-order valence-electron chi connectivity index (χ4n) is 2.01. The molecule has 0 aromatic heterocycles. The Labute approximate surface area is 134 Å². The molecule has 6 heteroatoms. The van der Waals surface area contributed by atoms with Crippen molar-refractivity contribution in [2.45, 2.75) is 13.2 Å². The molecule has 0 heterocycles. The Kier molecular flexibility index (Phi) is 6.38. The number of halogens is 1. The SMILES string of the molecule is O=C(NCCOc1cccc(F)c1)NCc1ccccc1CO. The van der Waals surface area contributed by atoms with Gasteiger partial charge in [0.25, 0.3) is 0 Å². The molecule has 0 aliphatic carbocycles. The van der Waals surface area contributed by atoms with Gasteiger partial charge in [0.2, 0.25) is 0 Å². The zero-order valence-corrected chi connectivity index (χ0v) is 12.6. The van der Waals surface area contributed by atoms with Gasteiger partial charge in [0.1, 0.15) is 18.2 Å². The molecule has 0 fully saturated rings.